The van der Waals surface area contributed by atoms with Crippen LogP contribution in [0.5, 0.6) is 17.2 Å². The summed E-state index contributed by atoms with van der Waals surface area (Å²) >= 11 is 0. The van der Waals surface area contributed by atoms with Crippen molar-refractivity contribution in [1.29, 1.82) is 0 Å². The fourth-order valence-electron chi connectivity index (χ4n) is 5.47. The van der Waals surface area contributed by atoms with E-state index in [2.05, 4.69) is 6.92 Å². The molecule has 2 aromatic carbocycles. The average molecular weight is 520 g/mol. The topological polar surface area (TPSA) is 83.4 Å². The van der Waals surface area contributed by atoms with E-state index in [9.17, 15) is 9.59 Å². The predicted octanol–water partition coefficient (Wildman–Crippen LogP) is 6.02. The van der Waals surface area contributed by atoms with Crippen LogP contribution in [0.3, 0.4) is 0 Å². The molecule has 0 radical (unpaired) electrons. The number of hydrogen-bond donors (Lipinski definition) is 0. The number of ether oxygens (including phenoxy) is 4. The highest BCUT2D eigenvalue weighted by atomic mass is 16.5. The molecule has 7 nitrogen and oxygen atoms in total. The van der Waals surface area contributed by atoms with Gasteiger partial charge in [0.05, 0.1) is 27.4 Å². The van der Waals surface area contributed by atoms with Gasteiger partial charge in [0.25, 0.3) is 0 Å². The molecule has 1 aliphatic heterocycles. The van der Waals surface area contributed by atoms with E-state index in [1.54, 1.807) is 14.2 Å². The number of aliphatic imine (C=N–C) groups is 1. The zero-order valence-corrected chi connectivity index (χ0v) is 22.9. The van der Waals surface area contributed by atoms with E-state index in [1.165, 1.54) is 0 Å². The Balaban J connectivity index is 1.78. The molecule has 0 bridgehead atoms. The van der Waals surface area contributed by atoms with E-state index in [0.717, 1.165) is 29.7 Å². The number of allylic oxidation sites excluding steroid dienone is 2. The van der Waals surface area contributed by atoms with Crippen LogP contribution >= 0.6 is 0 Å². The van der Waals surface area contributed by atoms with Gasteiger partial charge in [-0.1, -0.05) is 37.6 Å². The van der Waals surface area contributed by atoms with E-state index in [4.69, 9.17) is 23.9 Å². The summed E-state index contributed by atoms with van der Waals surface area (Å²) in [6, 6.07) is 13.4. The Labute approximate surface area is 224 Å². The molecule has 1 heterocycles. The normalized spacial score (nSPS) is 20.9. The molecule has 38 heavy (non-hydrogen) atoms. The first-order valence-electron chi connectivity index (χ1n) is 13.3. The molecule has 4 rings (SSSR count). The zero-order valence-electron chi connectivity index (χ0n) is 22.9. The first-order chi connectivity index (χ1) is 18.4. The lowest BCUT2D eigenvalue weighted by Gasteiger charge is -2.37. The minimum Gasteiger partial charge on any atom is -0.494 e. The van der Waals surface area contributed by atoms with Crippen molar-refractivity contribution in [2.75, 3.05) is 27.4 Å². The van der Waals surface area contributed by atoms with Crippen LogP contribution in [0.2, 0.25) is 0 Å². The molecular formula is C31H37NO6. The molecule has 0 fully saturated rings. The summed E-state index contributed by atoms with van der Waals surface area (Å²) < 4.78 is 22.5. The maximum absolute atomic E-state index is 13.9. The smallest absolute Gasteiger partial charge is 0.315 e. The molecule has 1 aliphatic carbocycles. The zero-order chi connectivity index (χ0) is 27.2. The second kappa shape index (κ2) is 12.3. The van der Waals surface area contributed by atoms with Gasteiger partial charge in [-0.15, -0.1) is 0 Å². The molecule has 0 N–H and O–H groups in total. The Hall–Kier alpha value is -3.61. The number of nitrogens with zero attached hydrogens (tertiary/aromatic N) is 1. The average Bonchev–Trinajstić information content (AvgIpc) is 2.92. The van der Waals surface area contributed by atoms with E-state index >= 15 is 0 Å². The first kappa shape index (κ1) is 27.4. The molecule has 202 valence electrons. The number of rotatable bonds is 10. The third-order valence-electron chi connectivity index (χ3n) is 7.32. The van der Waals surface area contributed by atoms with Crippen LogP contribution in [0.1, 0.15) is 69.4 Å². The number of carbonyl (C=O) groups is 2. The molecule has 0 aromatic heterocycles. The van der Waals surface area contributed by atoms with Crippen LogP contribution in [0.4, 0.5) is 0 Å². The fraction of sp³-hybridized carbons (Fsp3) is 0.452. The van der Waals surface area contributed by atoms with E-state index in [-0.39, 0.29) is 17.7 Å². The van der Waals surface area contributed by atoms with Gasteiger partial charge in [-0.25, -0.2) is 0 Å². The van der Waals surface area contributed by atoms with Crippen LogP contribution in [0.15, 0.2) is 58.7 Å². The first-order valence-corrected chi connectivity index (χ1v) is 13.3. The monoisotopic (exact) mass is 519 g/mol. The maximum atomic E-state index is 13.9. The predicted molar refractivity (Wildman–Crippen MR) is 146 cm³/mol. The summed E-state index contributed by atoms with van der Waals surface area (Å²) in [5.74, 6) is 0.311. The Bertz CT molecular complexity index is 1250. The van der Waals surface area contributed by atoms with Crippen LogP contribution in [0, 0.1) is 5.92 Å². The highest BCUT2D eigenvalue weighted by Gasteiger charge is 2.45. The van der Waals surface area contributed by atoms with E-state index < -0.39 is 11.8 Å². The van der Waals surface area contributed by atoms with Crippen molar-refractivity contribution < 1.29 is 28.5 Å². The van der Waals surface area contributed by atoms with Gasteiger partial charge in [0, 0.05) is 34.9 Å². The van der Waals surface area contributed by atoms with Gasteiger partial charge >= 0.3 is 5.97 Å². The third kappa shape index (κ3) is 5.47. The third-order valence-corrected chi connectivity index (χ3v) is 7.32. The van der Waals surface area contributed by atoms with Gasteiger partial charge in [0.2, 0.25) is 0 Å². The lowest BCUT2D eigenvalue weighted by Crippen LogP contribution is -2.38. The van der Waals surface area contributed by atoms with Crippen LogP contribution in [0.25, 0.3) is 0 Å². The molecule has 2 aliphatic rings. The summed E-state index contributed by atoms with van der Waals surface area (Å²) in [5.41, 5.74) is 3.78. The van der Waals surface area contributed by atoms with Gasteiger partial charge in [0.15, 0.2) is 17.3 Å². The van der Waals surface area contributed by atoms with Gasteiger partial charge in [-0.05, 0) is 56.4 Å². The van der Waals surface area contributed by atoms with Gasteiger partial charge in [0.1, 0.15) is 11.7 Å². The number of ketones is 1. The number of unbranched alkanes of at least 4 members (excludes halogenated alkanes) is 1. The number of esters is 1. The lowest BCUT2D eigenvalue weighted by molar-refractivity contribution is -0.146. The molecule has 7 heteroatoms. The molecule has 0 spiro atoms. The van der Waals surface area contributed by atoms with Crippen molar-refractivity contribution in [2.45, 2.75) is 58.3 Å². The Kier molecular flexibility index (Phi) is 8.87. The summed E-state index contributed by atoms with van der Waals surface area (Å²) in [5, 5.41) is 0. The molecule has 0 amide bonds. The molecule has 3 atom stereocenters. The minimum atomic E-state index is -0.686. The summed E-state index contributed by atoms with van der Waals surface area (Å²) in [4.78, 5) is 32.2. The number of para-hydroxylation sites is 1. The second-order valence-corrected chi connectivity index (χ2v) is 9.70. The Morgan fingerprint density at radius 1 is 1.00 bits per heavy atom. The van der Waals surface area contributed by atoms with Crippen molar-refractivity contribution >= 4 is 17.5 Å². The fourth-order valence-corrected chi connectivity index (χ4v) is 5.47. The quantitative estimate of drug-likeness (QED) is 0.282. The highest BCUT2D eigenvalue weighted by Crippen LogP contribution is 2.49. The van der Waals surface area contributed by atoms with Crippen molar-refractivity contribution in [3.8, 4) is 17.2 Å². The number of methoxy groups -OCH3 is 2. The second-order valence-electron chi connectivity index (χ2n) is 9.70. The Morgan fingerprint density at radius 3 is 2.47 bits per heavy atom. The molecule has 0 saturated carbocycles. The summed E-state index contributed by atoms with van der Waals surface area (Å²) in [7, 11) is 3.20. The standard InChI is InChI=1S/C31H37NO6/c1-6-8-15-38-31(34)28-19(3)32-23-16-21(20-13-14-26(35-4)27(18-20)36-5)17-24(33)30(23)29(28)22-11-9-10-12-25(22)37-7-2/h9-14,18,21,28-29H,6-8,15-17H2,1-5H3/t21-,28?,29+/m1/s1. The van der Waals surface area contributed by atoms with Gasteiger partial charge < -0.3 is 18.9 Å². The van der Waals surface area contributed by atoms with Gasteiger partial charge in [-0.2, -0.15) is 0 Å². The van der Waals surface area contributed by atoms with E-state index in [1.807, 2.05) is 56.3 Å². The van der Waals surface area contributed by atoms with Crippen LogP contribution < -0.4 is 14.2 Å². The molecule has 0 saturated heterocycles. The number of Topliss-reactive ketones (excluding diaryl/α,β-unsaturated/α-hetero) is 1. The minimum absolute atomic E-state index is 0.00931. The van der Waals surface area contributed by atoms with Crippen molar-refractivity contribution in [2.24, 2.45) is 10.9 Å². The largest absolute Gasteiger partial charge is 0.494 e. The van der Waals surface area contributed by atoms with Gasteiger partial charge in [-0.3, -0.25) is 14.6 Å². The SMILES string of the molecule is CCCCOC(=O)C1C(C)=NC2=C(C(=O)C[C@H](c3ccc(OC)c(OC)c3)C2)[C@H]1c1ccccc1OCC. The molecule has 2 aromatic rings. The lowest BCUT2D eigenvalue weighted by atomic mass is 9.69. The maximum Gasteiger partial charge on any atom is 0.315 e. The number of benzene rings is 2. The van der Waals surface area contributed by atoms with Crippen molar-refractivity contribution in [1.82, 2.24) is 0 Å². The summed E-state index contributed by atoms with van der Waals surface area (Å²) in [6.07, 6.45) is 2.61. The molecule has 1 unspecified atom stereocenters. The number of hydrogen-bond acceptors (Lipinski definition) is 7. The Morgan fingerprint density at radius 2 is 1.76 bits per heavy atom. The van der Waals surface area contributed by atoms with Crippen molar-refractivity contribution in [3.63, 3.8) is 0 Å². The van der Waals surface area contributed by atoms with E-state index in [0.29, 0.717) is 54.6 Å². The van der Waals surface area contributed by atoms with Crippen LogP contribution in [-0.4, -0.2) is 44.9 Å². The number of carbonyl (C=O) groups excluding carboxylic acids is 2. The molecular weight excluding hydrogens is 482 g/mol. The highest BCUT2D eigenvalue weighted by molar-refractivity contribution is 6.09. The summed E-state index contributed by atoms with van der Waals surface area (Å²) in [6.45, 7) is 6.65. The van der Waals surface area contributed by atoms with Crippen LogP contribution in [-0.2, 0) is 14.3 Å². The van der Waals surface area contributed by atoms with Crippen molar-refractivity contribution in [3.05, 3.63) is 64.9 Å².